The average Bonchev–Trinajstić information content (AvgIpc) is 3.08. The minimum Gasteiger partial charge on any atom is -0.464 e. The van der Waals surface area contributed by atoms with Crippen molar-refractivity contribution in [2.24, 2.45) is 0 Å². The van der Waals surface area contributed by atoms with Gasteiger partial charge in [-0.05, 0) is 36.6 Å². The molecular formula is C22H22N2O2S. The largest absolute Gasteiger partial charge is 0.464 e. The maximum absolute atomic E-state index is 12.2. The zero-order chi connectivity index (χ0) is 19.2. The summed E-state index contributed by atoms with van der Waals surface area (Å²) in [5.74, 6) is 1.56. The summed E-state index contributed by atoms with van der Waals surface area (Å²) < 4.78 is 5.66. The Labute approximate surface area is 163 Å². The van der Waals surface area contributed by atoms with E-state index in [1.807, 2.05) is 37.3 Å². The van der Waals surface area contributed by atoms with Gasteiger partial charge in [0.25, 0.3) is 0 Å². The standard InChI is InChI=1S/C22H22N2O2S/c1-15-7-8-20-19(13-26-22(20)16(15)2)11-21(25)24-9-10-27-14-18-6-4-3-5-17(18)12-23/h3-8,13H,9-11,14H2,1-2H3,(H,24,25). The van der Waals surface area contributed by atoms with Crippen LogP contribution in [0.3, 0.4) is 0 Å². The molecule has 1 amide bonds. The first-order valence-corrected chi connectivity index (χ1v) is 10.0. The highest BCUT2D eigenvalue weighted by Crippen LogP contribution is 2.26. The second-order valence-corrected chi connectivity index (χ2v) is 7.60. The first kappa shape index (κ1) is 19.1. The molecule has 138 valence electrons. The number of carbonyl (C=O) groups is 1. The second kappa shape index (κ2) is 8.79. The van der Waals surface area contributed by atoms with Gasteiger partial charge in [-0.2, -0.15) is 17.0 Å². The van der Waals surface area contributed by atoms with Crippen LogP contribution in [0.2, 0.25) is 0 Å². The molecule has 27 heavy (non-hydrogen) atoms. The molecule has 0 unspecified atom stereocenters. The van der Waals surface area contributed by atoms with Crippen LogP contribution in [0.25, 0.3) is 11.0 Å². The van der Waals surface area contributed by atoms with E-state index in [0.29, 0.717) is 18.5 Å². The molecule has 2 aromatic carbocycles. The zero-order valence-electron chi connectivity index (χ0n) is 15.5. The number of carbonyl (C=O) groups excluding carboxylic acids is 1. The molecule has 4 nitrogen and oxygen atoms in total. The normalized spacial score (nSPS) is 10.7. The van der Waals surface area contributed by atoms with Crippen molar-refractivity contribution in [3.8, 4) is 6.07 Å². The van der Waals surface area contributed by atoms with Gasteiger partial charge >= 0.3 is 0 Å². The van der Waals surface area contributed by atoms with Gasteiger partial charge in [0.1, 0.15) is 5.58 Å². The van der Waals surface area contributed by atoms with E-state index in [2.05, 4.69) is 24.4 Å². The number of hydrogen-bond acceptors (Lipinski definition) is 4. The predicted molar refractivity (Wildman–Crippen MR) is 110 cm³/mol. The van der Waals surface area contributed by atoms with Gasteiger partial charge in [-0.1, -0.05) is 30.3 Å². The fraction of sp³-hybridized carbons (Fsp3) is 0.273. The van der Waals surface area contributed by atoms with Crippen molar-refractivity contribution in [3.63, 3.8) is 0 Å². The van der Waals surface area contributed by atoms with Crippen LogP contribution in [0.4, 0.5) is 0 Å². The van der Waals surface area contributed by atoms with E-state index in [-0.39, 0.29) is 5.91 Å². The number of nitrogens with zero attached hydrogens (tertiary/aromatic N) is 1. The summed E-state index contributed by atoms with van der Waals surface area (Å²) >= 11 is 1.71. The fourth-order valence-corrected chi connectivity index (χ4v) is 3.82. The summed E-state index contributed by atoms with van der Waals surface area (Å²) in [5, 5.41) is 13.1. The van der Waals surface area contributed by atoms with Crippen LogP contribution in [-0.2, 0) is 17.0 Å². The summed E-state index contributed by atoms with van der Waals surface area (Å²) in [6.07, 6.45) is 2.00. The third-order valence-corrected chi connectivity index (χ3v) is 5.66. The van der Waals surface area contributed by atoms with E-state index >= 15 is 0 Å². The van der Waals surface area contributed by atoms with E-state index in [0.717, 1.165) is 39.2 Å². The molecule has 3 aromatic rings. The lowest BCUT2D eigenvalue weighted by Crippen LogP contribution is -2.27. The lowest BCUT2D eigenvalue weighted by Gasteiger charge is -2.06. The predicted octanol–water partition coefficient (Wildman–Crippen LogP) is 4.51. The quantitative estimate of drug-likeness (QED) is 0.614. The SMILES string of the molecule is Cc1ccc2c(CC(=O)NCCSCc3ccccc3C#N)coc2c1C. The summed E-state index contributed by atoms with van der Waals surface area (Å²) in [6.45, 7) is 4.69. The number of thioether (sulfide) groups is 1. The van der Waals surface area contributed by atoms with Crippen LogP contribution in [-0.4, -0.2) is 18.2 Å². The van der Waals surface area contributed by atoms with Gasteiger partial charge in [-0.15, -0.1) is 0 Å². The number of furan rings is 1. The third-order valence-electron chi connectivity index (χ3n) is 4.66. The number of nitrogens with one attached hydrogen (secondary N) is 1. The molecule has 0 aliphatic rings. The van der Waals surface area contributed by atoms with Crippen LogP contribution >= 0.6 is 11.8 Å². The monoisotopic (exact) mass is 378 g/mol. The maximum Gasteiger partial charge on any atom is 0.224 e. The molecule has 0 fully saturated rings. The lowest BCUT2D eigenvalue weighted by atomic mass is 10.0. The van der Waals surface area contributed by atoms with Gasteiger partial charge in [-0.3, -0.25) is 4.79 Å². The Morgan fingerprint density at radius 2 is 2.00 bits per heavy atom. The molecule has 0 atom stereocenters. The molecule has 0 bridgehead atoms. The molecule has 0 radical (unpaired) electrons. The van der Waals surface area contributed by atoms with Crippen LogP contribution in [0.1, 0.15) is 27.8 Å². The first-order valence-electron chi connectivity index (χ1n) is 8.89. The molecule has 1 heterocycles. The lowest BCUT2D eigenvalue weighted by molar-refractivity contribution is -0.120. The van der Waals surface area contributed by atoms with Crippen molar-refractivity contribution >= 4 is 28.6 Å². The number of benzene rings is 2. The average molecular weight is 378 g/mol. The molecule has 0 saturated heterocycles. The third kappa shape index (κ3) is 4.53. The van der Waals surface area contributed by atoms with Gasteiger partial charge in [-0.25, -0.2) is 0 Å². The Kier molecular flexibility index (Phi) is 6.20. The summed E-state index contributed by atoms with van der Waals surface area (Å²) in [4.78, 5) is 12.2. The zero-order valence-corrected chi connectivity index (χ0v) is 16.4. The fourth-order valence-electron chi connectivity index (χ4n) is 2.96. The number of nitriles is 1. The maximum atomic E-state index is 12.2. The molecule has 0 aliphatic carbocycles. The van der Waals surface area contributed by atoms with Gasteiger partial charge in [0.15, 0.2) is 0 Å². The molecule has 0 saturated carbocycles. The van der Waals surface area contributed by atoms with Crippen LogP contribution in [0.5, 0.6) is 0 Å². The molecule has 5 heteroatoms. The molecule has 0 aliphatic heterocycles. The Morgan fingerprint density at radius 1 is 1.19 bits per heavy atom. The van der Waals surface area contributed by atoms with E-state index in [1.54, 1.807) is 18.0 Å². The van der Waals surface area contributed by atoms with Gasteiger partial charge in [0.2, 0.25) is 5.91 Å². The van der Waals surface area contributed by atoms with Crippen molar-refractivity contribution in [1.29, 1.82) is 5.26 Å². The summed E-state index contributed by atoms with van der Waals surface area (Å²) in [6, 6.07) is 13.9. The molecule has 0 spiro atoms. The molecule has 3 rings (SSSR count). The van der Waals surface area contributed by atoms with Gasteiger partial charge < -0.3 is 9.73 Å². The second-order valence-electron chi connectivity index (χ2n) is 6.49. The van der Waals surface area contributed by atoms with Crippen molar-refractivity contribution in [1.82, 2.24) is 5.32 Å². The Morgan fingerprint density at radius 3 is 2.81 bits per heavy atom. The van der Waals surface area contributed by atoms with Crippen molar-refractivity contribution < 1.29 is 9.21 Å². The summed E-state index contributed by atoms with van der Waals surface area (Å²) in [7, 11) is 0. The highest BCUT2D eigenvalue weighted by molar-refractivity contribution is 7.98. The van der Waals surface area contributed by atoms with Gasteiger partial charge in [0.05, 0.1) is 24.3 Å². The first-order chi connectivity index (χ1) is 13.1. The van der Waals surface area contributed by atoms with E-state index < -0.39 is 0 Å². The topological polar surface area (TPSA) is 66.0 Å². The number of hydrogen-bond donors (Lipinski definition) is 1. The highest BCUT2D eigenvalue weighted by atomic mass is 32.2. The highest BCUT2D eigenvalue weighted by Gasteiger charge is 2.12. The number of aryl methyl sites for hydroxylation is 2. The van der Waals surface area contributed by atoms with E-state index in [9.17, 15) is 4.79 Å². The number of amides is 1. The van der Waals surface area contributed by atoms with Crippen LogP contribution < -0.4 is 5.32 Å². The molecule has 1 N–H and O–H groups in total. The Bertz CT molecular complexity index is 1000. The Balaban J connectivity index is 1.47. The number of fused-ring (bicyclic) bond motifs is 1. The van der Waals surface area contributed by atoms with Crippen LogP contribution in [0, 0.1) is 25.2 Å². The van der Waals surface area contributed by atoms with E-state index in [1.165, 1.54) is 5.56 Å². The molecule has 1 aromatic heterocycles. The van der Waals surface area contributed by atoms with Crippen molar-refractivity contribution in [3.05, 3.63) is 70.5 Å². The van der Waals surface area contributed by atoms with E-state index in [4.69, 9.17) is 9.68 Å². The minimum atomic E-state index is -0.00560. The van der Waals surface area contributed by atoms with Crippen molar-refractivity contribution in [2.75, 3.05) is 12.3 Å². The van der Waals surface area contributed by atoms with Gasteiger partial charge in [0, 0.05) is 29.0 Å². The number of rotatable bonds is 7. The Hall–Kier alpha value is -2.71. The smallest absolute Gasteiger partial charge is 0.224 e. The molecular weight excluding hydrogens is 356 g/mol. The van der Waals surface area contributed by atoms with Crippen LogP contribution in [0.15, 0.2) is 47.1 Å². The summed E-state index contributed by atoms with van der Waals surface area (Å²) in [5.41, 5.74) is 5.83. The van der Waals surface area contributed by atoms with Crippen molar-refractivity contribution in [2.45, 2.75) is 26.0 Å². The minimum absolute atomic E-state index is 0.00560.